The molecule has 1 aliphatic heterocycles. The van der Waals surface area contributed by atoms with Gasteiger partial charge in [0.1, 0.15) is 5.84 Å². The van der Waals surface area contributed by atoms with Crippen molar-refractivity contribution in [1.82, 2.24) is 5.32 Å². The van der Waals surface area contributed by atoms with E-state index < -0.39 is 0 Å². The van der Waals surface area contributed by atoms with Gasteiger partial charge >= 0.3 is 0 Å². The quantitative estimate of drug-likeness (QED) is 0.845. The molecule has 0 saturated heterocycles. The molecule has 0 radical (unpaired) electrons. The predicted molar refractivity (Wildman–Crippen MR) is 73.7 cm³/mol. The van der Waals surface area contributed by atoms with Crippen LogP contribution in [0.4, 0.5) is 5.69 Å². The van der Waals surface area contributed by atoms with Crippen LogP contribution in [0.15, 0.2) is 23.2 Å². The Hall–Kier alpha value is -2.48. The lowest BCUT2D eigenvalue weighted by molar-refractivity contribution is 0.355. The second-order valence-electron chi connectivity index (χ2n) is 3.95. The number of amidine groups is 1. The van der Waals surface area contributed by atoms with Gasteiger partial charge in [0.25, 0.3) is 0 Å². The van der Waals surface area contributed by atoms with Crippen molar-refractivity contribution in [3.8, 4) is 17.6 Å². The van der Waals surface area contributed by atoms with Crippen LogP contribution >= 0.6 is 0 Å². The average molecular weight is 257 g/mol. The summed E-state index contributed by atoms with van der Waals surface area (Å²) < 4.78 is 10.5. The molecule has 1 aromatic carbocycles. The van der Waals surface area contributed by atoms with Gasteiger partial charge in [-0.25, -0.2) is 4.99 Å². The minimum Gasteiger partial charge on any atom is -0.493 e. The number of nitrogens with one attached hydrogen (secondary N) is 1. The monoisotopic (exact) mass is 257 g/mol. The maximum atomic E-state index is 8.87. The summed E-state index contributed by atoms with van der Waals surface area (Å²) in [6.45, 7) is 2.00. The second-order valence-corrected chi connectivity index (χ2v) is 3.95. The fourth-order valence-corrected chi connectivity index (χ4v) is 1.92. The number of ether oxygens (including phenoxy) is 2. The molecule has 1 heterocycles. The number of aliphatic imine (C=N–C) groups is 1. The molecular formula is C14H15N3O2. The molecule has 0 amide bonds. The molecule has 0 fully saturated rings. The second kappa shape index (κ2) is 5.44. The average Bonchev–Trinajstić information content (AvgIpc) is 2.45. The van der Waals surface area contributed by atoms with Crippen molar-refractivity contribution in [3.05, 3.63) is 23.8 Å². The van der Waals surface area contributed by atoms with E-state index >= 15 is 0 Å². The third-order valence-corrected chi connectivity index (χ3v) is 2.87. The molecular weight excluding hydrogens is 242 g/mol. The summed E-state index contributed by atoms with van der Waals surface area (Å²) in [6.07, 6.45) is 2.23. The molecule has 0 unspecified atom stereocenters. The largest absolute Gasteiger partial charge is 0.493 e. The molecule has 5 heteroatoms. The van der Waals surface area contributed by atoms with Crippen LogP contribution in [0.1, 0.15) is 18.9 Å². The first-order valence-electron chi connectivity index (χ1n) is 5.94. The molecule has 19 heavy (non-hydrogen) atoms. The number of allylic oxidation sites excluding steroid dienone is 1. The van der Waals surface area contributed by atoms with E-state index in [1.165, 1.54) is 6.08 Å². The Morgan fingerprint density at radius 3 is 2.58 bits per heavy atom. The van der Waals surface area contributed by atoms with Gasteiger partial charge in [-0.3, -0.25) is 0 Å². The highest BCUT2D eigenvalue weighted by molar-refractivity contribution is 5.98. The Labute approximate surface area is 112 Å². The highest BCUT2D eigenvalue weighted by atomic mass is 16.5. The summed E-state index contributed by atoms with van der Waals surface area (Å²) in [5, 5.41) is 12.0. The van der Waals surface area contributed by atoms with Crippen LogP contribution in [0.25, 0.3) is 5.70 Å². The minimum atomic E-state index is 0.613. The molecule has 1 aliphatic rings. The number of methoxy groups -OCH3 is 2. The van der Waals surface area contributed by atoms with E-state index in [4.69, 9.17) is 14.7 Å². The Bertz CT molecular complexity index is 597. The number of rotatable bonds is 3. The third kappa shape index (κ3) is 2.38. The van der Waals surface area contributed by atoms with Crippen LogP contribution in [-0.4, -0.2) is 20.1 Å². The Balaban J connectivity index is 2.64. The van der Waals surface area contributed by atoms with Crippen LogP contribution in [-0.2, 0) is 0 Å². The van der Waals surface area contributed by atoms with Crippen molar-refractivity contribution in [2.24, 2.45) is 4.99 Å². The molecule has 1 aromatic rings. The van der Waals surface area contributed by atoms with Crippen molar-refractivity contribution >= 4 is 17.2 Å². The topological polar surface area (TPSA) is 66.6 Å². The van der Waals surface area contributed by atoms with Crippen molar-refractivity contribution in [2.45, 2.75) is 13.3 Å². The summed E-state index contributed by atoms with van der Waals surface area (Å²) in [5.41, 5.74) is 2.33. The first kappa shape index (κ1) is 13.0. The molecule has 2 rings (SSSR count). The van der Waals surface area contributed by atoms with Gasteiger partial charge in [-0.05, 0) is 6.07 Å². The Kier molecular flexibility index (Phi) is 3.71. The summed E-state index contributed by atoms with van der Waals surface area (Å²) in [4.78, 5) is 4.50. The zero-order chi connectivity index (χ0) is 13.8. The molecule has 0 spiro atoms. The SMILES string of the molecule is CCC1=Nc2cc(OC)c(OC)cc2/C(=C/C#N)N1. The first-order valence-corrected chi connectivity index (χ1v) is 5.94. The van der Waals surface area contributed by atoms with Crippen LogP contribution < -0.4 is 14.8 Å². The molecule has 0 bridgehead atoms. The number of nitrogens with zero attached hydrogens (tertiary/aromatic N) is 2. The Morgan fingerprint density at radius 2 is 2.00 bits per heavy atom. The van der Waals surface area contributed by atoms with Crippen molar-refractivity contribution < 1.29 is 9.47 Å². The lowest BCUT2D eigenvalue weighted by atomic mass is 10.1. The van der Waals surface area contributed by atoms with Crippen LogP contribution in [0, 0.1) is 11.3 Å². The standard InChI is InChI=1S/C14H15N3O2/c1-4-14-16-10(5-6-15)9-7-12(18-2)13(19-3)8-11(9)17-14/h5,7-8H,4H2,1-3H3,(H,16,17)/b10-5-. The lowest BCUT2D eigenvalue weighted by Crippen LogP contribution is -2.24. The fraction of sp³-hybridized carbons (Fsp3) is 0.286. The van der Waals surface area contributed by atoms with E-state index in [2.05, 4.69) is 10.3 Å². The van der Waals surface area contributed by atoms with E-state index in [1.54, 1.807) is 14.2 Å². The molecule has 5 nitrogen and oxygen atoms in total. The Morgan fingerprint density at radius 1 is 1.32 bits per heavy atom. The fourth-order valence-electron chi connectivity index (χ4n) is 1.92. The van der Waals surface area contributed by atoms with Gasteiger partial charge < -0.3 is 14.8 Å². The molecule has 0 aromatic heterocycles. The van der Waals surface area contributed by atoms with Gasteiger partial charge in [0.15, 0.2) is 11.5 Å². The predicted octanol–water partition coefficient (Wildman–Crippen LogP) is 2.61. The highest BCUT2D eigenvalue weighted by Crippen LogP contribution is 2.39. The number of benzene rings is 1. The maximum absolute atomic E-state index is 8.87. The van der Waals surface area contributed by atoms with Crippen LogP contribution in [0.5, 0.6) is 11.5 Å². The van der Waals surface area contributed by atoms with Crippen LogP contribution in [0.2, 0.25) is 0 Å². The van der Waals surface area contributed by atoms with E-state index in [0.29, 0.717) is 11.5 Å². The molecule has 0 saturated carbocycles. The van der Waals surface area contributed by atoms with Gasteiger partial charge in [-0.1, -0.05) is 6.92 Å². The van der Waals surface area contributed by atoms with Gasteiger partial charge in [-0.2, -0.15) is 5.26 Å². The van der Waals surface area contributed by atoms with Crippen molar-refractivity contribution in [1.29, 1.82) is 5.26 Å². The molecule has 98 valence electrons. The number of hydrogen-bond donors (Lipinski definition) is 1. The van der Waals surface area contributed by atoms with Gasteiger partial charge in [0.05, 0.1) is 31.7 Å². The van der Waals surface area contributed by atoms with E-state index in [9.17, 15) is 0 Å². The third-order valence-electron chi connectivity index (χ3n) is 2.87. The zero-order valence-electron chi connectivity index (χ0n) is 11.2. The number of hydrogen-bond acceptors (Lipinski definition) is 5. The highest BCUT2D eigenvalue weighted by Gasteiger charge is 2.19. The van der Waals surface area contributed by atoms with Gasteiger partial charge in [0.2, 0.25) is 0 Å². The minimum absolute atomic E-state index is 0.613. The van der Waals surface area contributed by atoms with Gasteiger partial charge in [-0.15, -0.1) is 0 Å². The zero-order valence-corrected chi connectivity index (χ0v) is 11.2. The summed E-state index contributed by atoms with van der Waals surface area (Å²) in [5.74, 6) is 2.06. The van der Waals surface area contributed by atoms with Crippen molar-refractivity contribution in [3.63, 3.8) is 0 Å². The van der Waals surface area contributed by atoms with E-state index in [0.717, 1.165) is 29.2 Å². The summed E-state index contributed by atoms with van der Waals surface area (Å²) >= 11 is 0. The number of fused-ring (bicyclic) bond motifs is 1. The molecule has 0 aliphatic carbocycles. The first-order chi connectivity index (χ1) is 9.23. The number of nitriles is 1. The molecule has 0 atom stereocenters. The lowest BCUT2D eigenvalue weighted by Gasteiger charge is -2.21. The van der Waals surface area contributed by atoms with Gasteiger partial charge in [0, 0.05) is 24.1 Å². The molecule has 1 N–H and O–H groups in total. The summed E-state index contributed by atoms with van der Waals surface area (Å²) in [7, 11) is 3.16. The van der Waals surface area contributed by atoms with Crippen molar-refractivity contribution in [2.75, 3.05) is 14.2 Å². The normalized spacial score (nSPS) is 15.1. The van der Waals surface area contributed by atoms with E-state index in [-0.39, 0.29) is 0 Å². The van der Waals surface area contributed by atoms with E-state index in [1.807, 2.05) is 25.1 Å². The maximum Gasteiger partial charge on any atom is 0.162 e. The summed E-state index contributed by atoms with van der Waals surface area (Å²) in [6, 6.07) is 5.67. The van der Waals surface area contributed by atoms with Crippen LogP contribution in [0.3, 0.4) is 0 Å². The smallest absolute Gasteiger partial charge is 0.162 e.